The highest BCUT2D eigenvalue weighted by Crippen LogP contribution is 2.24. The van der Waals surface area contributed by atoms with E-state index in [1.54, 1.807) is 18.2 Å². The van der Waals surface area contributed by atoms with Crippen molar-refractivity contribution in [2.45, 2.75) is 19.4 Å². The summed E-state index contributed by atoms with van der Waals surface area (Å²) in [4.78, 5) is 33.7. The van der Waals surface area contributed by atoms with E-state index in [1.165, 1.54) is 26.4 Å². The van der Waals surface area contributed by atoms with Crippen LogP contribution in [0.15, 0.2) is 36.4 Å². The second-order valence-electron chi connectivity index (χ2n) is 5.85. The van der Waals surface area contributed by atoms with Gasteiger partial charge in [0.05, 0.1) is 24.7 Å². The number of nitro groups is 1. The summed E-state index contributed by atoms with van der Waals surface area (Å²) in [6, 6.07) is 9.04. The van der Waals surface area contributed by atoms with Crippen molar-refractivity contribution in [2.75, 3.05) is 14.2 Å². The largest absolute Gasteiger partial charge is 0.497 e. The molecule has 0 aliphatic heterocycles. The zero-order valence-corrected chi connectivity index (χ0v) is 15.5. The number of aryl methyl sites for hydroxylation is 1. The summed E-state index contributed by atoms with van der Waals surface area (Å²) in [6.07, 6.45) is 0.457. The van der Waals surface area contributed by atoms with Crippen LogP contribution in [0.25, 0.3) is 0 Å². The molecule has 0 atom stereocenters. The Morgan fingerprint density at radius 1 is 1.07 bits per heavy atom. The van der Waals surface area contributed by atoms with Crippen molar-refractivity contribution in [1.29, 1.82) is 0 Å². The maximum absolute atomic E-state index is 12.0. The van der Waals surface area contributed by atoms with E-state index in [4.69, 9.17) is 19.9 Å². The predicted molar refractivity (Wildman–Crippen MR) is 99.3 cm³/mol. The highest BCUT2D eigenvalue weighted by atomic mass is 16.6. The number of esters is 1. The Labute approximate surface area is 161 Å². The molecule has 2 rings (SSSR count). The molecule has 0 bridgehead atoms. The van der Waals surface area contributed by atoms with Gasteiger partial charge < -0.3 is 19.9 Å². The molecule has 0 aliphatic rings. The molecule has 0 fully saturated rings. The van der Waals surface area contributed by atoms with Gasteiger partial charge in [0.25, 0.3) is 5.69 Å². The van der Waals surface area contributed by atoms with Crippen molar-refractivity contribution in [3.8, 4) is 11.5 Å². The van der Waals surface area contributed by atoms with Gasteiger partial charge in [0.1, 0.15) is 18.1 Å². The normalized spacial score (nSPS) is 10.2. The van der Waals surface area contributed by atoms with Gasteiger partial charge in [-0.2, -0.15) is 0 Å². The summed E-state index contributed by atoms with van der Waals surface area (Å²) in [5.74, 6) is -0.0869. The Kier molecular flexibility index (Phi) is 6.91. The maximum Gasteiger partial charge on any atom is 0.306 e. The number of ether oxygens (including phenoxy) is 3. The first-order valence-corrected chi connectivity index (χ1v) is 8.28. The number of carbonyl (C=O) groups is 2. The van der Waals surface area contributed by atoms with E-state index in [9.17, 15) is 19.7 Å². The van der Waals surface area contributed by atoms with Crippen LogP contribution in [0.2, 0.25) is 0 Å². The molecule has 9 nitrogen and oxygen atoms in total. The third kappa shape index (κ3) is 5.44. The van der Waals surface area contributed by atoms with Gasteiger partial charge in [-0.25, -0.2) is 0 Å². The molecule has 0 radical (unpaired) electrons. The Hall–Kier alpha value is -3.62. The van der Waals surface area contributed by atoms with Crippen LogP contribution in [0.4, 0.5) is 5.69 Å². The number of nitrogens with zero attached hydrogens (tertiary/aromatic N) is 1. The zero-order chi connectivity index (χ0) is 20.7. The van der Waals surface area contributed by atoms with Crippen molar-refractivity contribution in [3.05, 3.63) is 63.2 Å². The highest BCUT2D eigenvalue weighted by molar-refractivity contribution is 5.93. The van der Waals surface area contributed by atoms with Gasteiger partial charge in [-0.05, 0) is 36.2 Å². The molecule has 0 saturated heterocycles. The molecule has 1 amide bonds. The number of benzene rings is 2. The number of rotatable bonds is 9. The number of primary amides is 1. The van der Waals surface area contributed by atoms with Gasteiger partial charge in [-0.3, -0.25) is 19.7 Å². The Bertz CT molecular complexity index is 874. The standard InChI is InChI=1S/C19H20N2O7/c1-26-15-7-12(8-16(10-15)27-2)3-6-18(22)28-11-14-5-4-13(19(20)23)9-17(14)21(24)25/h4-5,7-10H,3,6,11H2,1-2H3,(H2,20,23). The van der Waals surface area contributed by atoms with E-state index in [0.29, 0.717) is 17.9 Å². The molecule has 28 heavy (non-hydrogen) atoms. The Morgan fingerprint density at radius 3 is 2.25 bits per heavy atom. The van der Waals surface area contributed by atoms with Crippen LogP contribution in [0, 0.1) is 10.1 Å². The minimum atomic E-state index is -0.777. The molecule has 2 aromatic rings. The van der Waals surface area contributed by atoms with Crippen LogP contribution in [-0.4, -0.2) is 31.0 Å². The third-order valence-electron chi connectivity index (χ3n) is 3.98. The lowest BCUT2D eigenvalue weighted by Gasteiger charge is -2.09. The molecule has 2 N–H and O–H groups in total. The molecule has 0 aliphatic carbocycles. The van der Waals surface area contributed by atoms with Gasteiger partial charge in [-0.1, -0.05) is 0 Å². The summed E-state index contributed by atoms with van der Waals surface area (Å²) in [6.45, 7) is -0.282. The first-order valence-electron chi connectivity index (χ1n) is 8.28. The minimum Gasteiger partial charge on any atom is -0.497 e. The quantitative estimate of drug-likeness (QED) is 0.396. The summed E-state index contributed by atoms with van der Waals surface area (Å²) < 4.78 is 15.5. The number of amides is 1. The van der Waals surface area contributed by atoms with Gasteiger partial charge in [0.2, 0.25) is 5.91 Å². The molecule has 2 aromatic carbocycles. The lowest BCUT2D eigenvalue weighted by molar-refractivity contribution is -0.385. The lowest BCUT2D eigenvalue weighted by atomic mass is 10.1. The number of nitrogens with two attached hydrogens (primary N) is 1. The first-order chi connectivity index (χ1) is 13.3. The molecule has 0 aromatic heterocycles. The summed E-state index contributed by atoms with van der Waals surface area (Å²) >= 11 is 0. The van der Waals surface area contributed by atoms with E-state index >= 15 is 0 Å². The third-order valence-corrected chi connectivity index (χ3v) is 3.98. The van der Waals surface area contributed by atoms with Crippen molar-refractivity contribution >= 4 is 17.6 Å². The Balaban J connectivity index is 1.99. The van der Waals surface area contributed by atoms with E-state index in [1.807, 2.05) is 0 Å². The second-order valence-corrected chi connectivity index (χ2v) is 5.85. The van der Waals surface area contributed by atoms with Gasteiger partial charge in [-0.15, -0.1) is 0 Å². The summed E-state index contributed by atoms with van der Waals surface area (Å²) in [5, 5.41) is 11.2. The van der Waals surface area contributed by atoms with Crippen LogP contribution in [0.1, 0.15) is 27.9 Å². The predicted octanol–water partition coefficient (Wildman–Crippen LogP) is 2.39. The maximum atomic E-state index is 12.0. The summed E-state index contributed by atoms with van der Waals surface area (Å²) in [7, 11) is 3.06. The average Bonchev–Trinajstić information content (AvgIpc) is 2.69. The number of hydrogen-bond acceptors (Lipinski definition) is 7. The van der Waals surface area contributed by atoms with Crippen LogP contribution in [0.3, 0.4) is 0 Å². The highest BCUT2D eigenvalue weighted by Gasteiger charge is 2.18. The van der Waals surface area contributed by atoms with Crippen molar-refractivity contribution in [2.24, 2.45) is 5.73 Å². The van der Waals surface area contributed by atoms with Gasteiger partial charge >= 0.3 is 5.97 Å². The van der Waals surface area contributed by atoms with Crippen molar-refractivity contribution in [3.63, 3.8) is 0 Å². The second kappa shape index (κ2) is 9.36. The van der Waals surface area contributed by atoms with Crippen LogP contribution >= 0.6 is 0 Å². The van der Waals surface area contributed by atoms with E-state index < -0.39 is 16.8 Å². The van der Waals surface area contributed by atoms with E-state index in [0.717, 1.165) is 11.6 Å². The topological polar surface area (TPSA) is 131 Å². The van der Waals surface area contributed by atoms with Crippen LogP contribution in [-0.2, 0) is 22.6 Å². The first kappa shape index (κ1) is 20.7. The number of methoxy groups -OCH3 is 2. The molecule has 0 saturated carbocycles. The van der Waals surface area contributed by atoms with E-state index in [-0.39, 0.29) is 29.8 Å². The SMILES string of the molecule is COc1cc(CCC(=O)OCc2ccc(C(N)=O)cc2[N+](=O)[O-])cc(OC)c1. The number of hydrogen-bond donors (Lipinski definition) is 1. The molecule has 0 heterocycles. The summed E-state index contributed by atoms with van der Waals surface area (Å²) in [5.41, 5.74) is 5.80. The van der Waals surface area contributed by atoms with Crippen LogP contribution in [0.5, 0.6) is 11.5 Å². The van der Waals surface area contributed by atoms with Crippen molar-refractivity contribution in [1.82, 2.24) is 0 Å². The average molecular weight is 388 g/mol. The van der Waals surface area contributed by atoms with Crippen molar-refractivity contribution < 1.29 is 28.7 Å². The smallest absolute Gasteiger partial charge is 0.306 e. The fourth-order valence-corrected chi connectivity index (χ4v) is 2.50. The molecule has 0 unspecified atom stereocenters. The molecule has 148 valence electrons. The molecule has 0 spiro atoms. The zero-order valence-electron chi connectivity index (χ0n) is 15.5. The number of carbonyl (C=O) groups excluding carboxylic acids is 2. The number of nitro benzene ring substituents is 1. The Morgan fingerprint density at radius 2 is 1.71 bits per heavy atom. The van der Waals surface area contributed by atoms with E-state index in [2.05, 4.69) is 0 Å². The fraction of sp³-hybridized carbons (Fsp3) is 0.263. The van der Waals surface area contributed by atoms with Gasteiger partial charge in [0, 0.05) is 24.1 Å². The minimum absolute atomic E-state index is 0.00810. The lowest BCUT2D eigenvalue weighted by Crippen LogP contribution is -2.12. The van der Waals surface area contributed by atoms with Crippen LogP contribution < -0.4 is 15.2 Å². The molecular weight excluding hydrogens is 368 g/mol. The molecular formula is C19H20N2O7. The fourth-order valence-electron chi connectivity index (χ4n) is 2.50. The van der Waals surface area contributed by atoms with Gasteiger partial charge in [0.15, 0.2) is 0 Å². The molecule has 9 heteroatoms. The monoisotopic (exact) mass is 388 g/mol.